The number of H-pyrrole nitrogens is 1. The highest BCUT2D eigenvalue weighted by Crippen LogP contribution is 2.41. The second kappa shape index (κ2) is 6.13. The molecule has 0 aliphatic carbocycles. The quantitative estimate of drug-likeness (QED) is 0.464. The molecule has 0 fully saturated rings. The van der Waals surface area contributed by atoms with Gasteiger partial charge in [0.2, 0.25) is 0 Å². The topological polar surface area (TPSA) is 36.9 Å². The lowest BCUT2D eigenvalue weighted by Gasteiger charge is -2.32. The highest BCUT2D eigenvalue weighted by molar-refractivity contribution is 9.10. The minimum atomic E-state index is 0.223. The van der Waals surface area contributed by atoms with Crippen LogP contribution in [-0.4, -0.2) is 21.8 Å². The summed E-state index contributed by atoms with van der Waals surface area (Å²) in [4.78, 5) is 2.36. The van der Waals surface area contributed by atoms with Crippen LogP contribution in [0.25, 0.3) is 28.2 Å². The van der Waals surface area contributed by atoms with E-state index in [1.807, 2.05) is 6.07 Å². The van der Waals surface area contributed by atoms with Crippen molar-refractivity contribution in [3.05, 3.63) is 76.4 Å². The smallest absolute Gasteiger partial charge is 0.117 e. The van der Waals surface area contributed by atoms with E-state index in [4.69, 9.17) is 0 Å². The summed E-state index contributed by atoms with van der Waals surface area (Å²) in [5.41, 5.74) is 5.97. The summed E-state index contributed by atoms with van der Waals surface area (Å²) in [5.74, 6) is 1.24. The van der Waals surface area contributed by atoms with Gasteiger partial charge in [0.25, 0.3) is 0 Å². The summed E-state index contributed by atoms with van der Waals surface area (Å²) in [7, 11) is 4.31. The molecule has 0 bridgehead atoms. The second-order valence-electron chi connectivity index (χ2n) is 6.96. The molecular weight excluding hydrogens is 400 g/mol. The van der Waals surface area contributed by atoms with Crippen molar-refractivity contribution < 1.29 is 0 Å². The molecule has 3 heterocycles. The van der Waals surface area contributed by atoms with Gasteiger partial charge in [-0.15, -0.1) is 0 Å². The molecule has 27 heavy (non-hydrogen) atoms. The largest absolute Gasteiger partial charge is 0.350 e. The fourth-order valence-electron chi connectivity index (χ4n) is 4.08. The molecule has 4 nitrogen and oxygen atoms in total. The zero-order chi connectivity index (χ0) is 18.5. The minimum Gasteiger partial charge on any atom is -0.350 e. The predicted octanol–water partition coefficient (Wildman–Crippen LogP) is 5.54. The van der Waals surface area contributed by atoms with Crippen LogP contribution in [0, 0.1) is 0 Å². The van der Waals surface area contributed by atoms with Gasteiger partial charge in [-0.1, -0.05) is 46.3 Å². The lowest BCUT2D eigenvalue weighted by atomic mass is 9.99. The van der Waals surface area contributed by atoms with Crippen molar-refractivity contribution in [2.45, 2.75) is 6.04 Å². The number of aromatic amines is 1. The number of benzene rings is 2. The number of hydrogen-bond acceptors (Lipinski definition) is 2. The van der Waals surface area contributed by atoms with Crippen molar-refractivity contribution in [1.82, 2.24) is 14.8 Å². The van der Waals surface area contributed by atoms with E-state index in [1.165, 1.54) is 27.8 Å². The predicted molar refractivity (Wildman–Crippen MR) is 115 cm³/mol. The van der Waals surface area contributed by atoms with Crippen molar-refractivity contribution in [3.63, 3.8) is 0 Å². The van der Waals surface area contributed by atoms with Gasteiger partial charge in [-0.05, 0) is 35.9 Å². The molecule has 1 aliphatic rings. The van der Waals surface area contributed by atoms with Gasteiger partial charge in [0.1, 0.15) is 5.82 Å². The third-order valence-electron chi connectivity index (χ3n) is 5.43. The molecule has 0 saturated heterocycles. The fourth-order valence-corrected chi connectivity index (χ4v) is 4.34. The normalized spacial score (nSPS) is 16.1. The van der Waals surface area contributed by atoms with E-state index < -0.39 is 0 Å². The van der Waals surface area contributed by atoms with E-state index in [1.54, 1.807) is 6.20 Å². The summed E-state index contributed by atoms with van der Waals surface area (Å²) in [6, 6.07) is 17.4. The molecule has 4 aromatic rings. The molecule has 2 aromatic heterocycles. The second-order valence-corrected chi connectivity index (χ2v) is 7.88. The molecule has 1 N–H and O–H groups in total. The van der Waals surface area contributed by atoms with E-state index in [2.05, 4.69) is 104 Å². The minimum absolute atomic E-state index is 0.223. The molecule has 0 spiro atoms. The fraction of sp³-hybridized carbons (Fsp3) is 0.136. The third-order valence-corrected chi connectivity index (χ3v) is 5.96. The molecule has 0 amide bonds. The Labute approximate surface area is 166 Å². The molecule has 0 saturated carbocycles. The Morgan fingerprint density at radius 1 is 1.04 bits per heavy atom. The van der Waals surface area contributed by atoms with E-state index >= 15 is 0 Å². The van der Waals surface area contributed by atoms with Crippen LogP contribution < -0.4 is 4.90 Å². The summed E-state index contributed by atoms with van der Waals surface area (Å²) in [5, 5.41) is 8.40. The van der Waals surface area contributed by atoms with Crippen LogP contribution in [0.2, 0.25) is 0 Å². The van der Waals surface area contributed by atoms with Gasteiger partial charge in [0.05, 0.1) is 17.3 Å². The van der Waals surface area contributed by atoms with Gasteiger partial charge >= 0.3 is 0 Å². The SMILES string of the molecule is CN1c2c(c3cc(-c4ccn[nH]4)ccc3n2C)C=CC1c1ccc(Br)cc1. The van der Waals surface area contributed by atoms with Crippen molar-refractivity contribution in [2.75, 3.05) is 11.9 Å². The zero-order valence-electron chi connectivity index (χ0n) is 15.1. The Morgan fingerprint density at radius 2 is 1.85 bits per heavy atom. The van der Waals surface area contributed by atoms with E-state index in [0.29, 0.717) is 0 Å². The number of halogens is 1. The summed E-state index contributed by atoms with van der Waals surface area (Å²) in [6.45, 7) is 0. The number of fused-ring (bicyclic) bond motifs is 3. The van der Waals surface area contributed by atoms with Crippen LogP contribution in [0.15, 0.2) is 65.3 Å². The lowest BCUT2D eigenvalue weighted by molar-refractivity contribution is 0.761. The maximum atomic E-state index is 4.08. The molecule has 0 radical (unpaired) electrons. The number of rotatable bonds is 2. The summed E-state index contributed by atoms with van der Waals surface area (Å²) >= 11 is 3.53. The number of nitrogens with one attached hydrogen (secondary N) is 1. The zero-order valence-corrected chi connectivity index (χ0v) is 16.7. The first-order valence-electron chi connectivity index (χ1n) is 8.92. The monoisotopic (exact) mass is 418 g/mol. The summed E-state index contributed by atoms with van der Waals surface area (Å²) < 4.78 is 3.39. The standard InChI is InChI=1S/C22H19BrN4/c1-26-20(14-3-6-16(23)7-4-14)10-8-17-18-13-15(19-11-12-24-25-19)5-9-21(18)27(2)22(17)26/h3-13,20H,1-2H3,(H,24,25). The Kier molecular flexibility index (Phi) is 3.72. The van der Waals surface area contributed by atoms with E-state index in [-0.39, 0.29) is 6.04 Å². The van der Waals surface area contributed by atoms with Crippen LogP contribution >= 0.6 is 15.9 Å². The van der Waals surface area contributed by atoms with Crippen molar-refractivity contribution >= 4 is 38.7 Å². The number of likely N-dealkylation sites (N-methyl/N-ethyl adjacent to an activating group) is 1. The first-order chi connectivity index (χ1) is 13.1. The maximum Gasteiger partial charge on any atom is 0.117 e. The molecule has 2 aromatic carbocycles. The molecule has 1 atom stereocenters. The highest BCUT2D eigenvalue weighted by Gasteiger charge is 2.26. The van der Waals surface area contributed by atoms with Gasteiger partial charge in [0.15, 0.2) is 0 Å². The first kappa shape index (κ1) is 16.4. The Hall–Kier alpha value is -2.79. The van der Waals surface area contributed by atoms with Crippen LogP contribution in [0.5, 0.6) is 0 Å². The van der Waals surface area contributed by atoms with Crippen LogP contribution in [0.3, 0.4) is 0 Å². The van der Waals surface area contributed by atoms with Gasteiger partial charge in [-0.3, -0.25) is 5.10 Å². The average molecular weight is 419 g/mol. The Balaban J connectivity index is 1.65. The van der Waals surface area contributed by atoms with E-state index in [9.17, 15) is 0 Å². The lowest BCUT2D eigenvalue weighted by Crippen LogP contribution is -2.27. The average Bonchev–Trinajstić information content (AvgIpc) is 3.31. The van der Waals surface area contributed by atoms with Crippen molar-refractivity contribution in [1.29, 1.82) is 0 Å². The van der Waals surface area contributed by atoms with E-state index in [0.717, 1.165) is 15.7 Å². The van der Waals surface area contributed by atoms with Gasteiger partial charge in [0, 0.05) is 41.3 Å². The Morgan fingerprint density at radius 3 is 2.59 bits per heavy atom. The molecule has 1 aliphatic heterocycles. The molecule has 134 valence electrons. The molecule has 5 rings (SSSR count). The van der Waals surface area contributed by atoms with Crippen molar-refractivity contribution in [2.24, 2.45) is 7.05 Å². The molecular formula is C22H19BrN4. The Bertz CT molecular complexity index is 1150. The van der Waals surface area contributed by atoms with Crippen molar-refractivity contribution in [3.8, 4) is 11.3 Å². The molecule has 5 heteroatoms. The van der Waals surface area contributed by atoms with Crippen LogP contribution in [0.4, 0.5) is 5.82 Å². The van der Waals surface area contributed by atoms with Crippen LogP contribution in [-0.2, 0) is 7.05 Å². The number of nitrogens with zero attached hydrogens (tertiary/aromatic N) is 3. The molecule has 1 unspecified atom stereocenters. The van der Waals surface area contributed by atoms with Gasteiger partial charge in [-0.2, -0.15) is 5.10 Å². The number of aryl methyl sites for hydroxylation is 1. The third kappa shape index (κ3) is 2.53. The summed E-state index contributed by atoms with van der Waals surface area (Å²) in [6.07, 6.45) is 6.34. The van der Waals surface area contributed by atoms with Gasteiger partial charge in [-0.25, -0.2) is 0 Å². The number of hydrogen-bond donors (Lipinski definition) is 1. The van der Waals surface area contributed by atoms with Gasteiger partial charge < -0.3 is 9.47 Å². The van der Waals surface area contributed by atoms with Crippen LogP contribution in [0.1, 0.15) is 17.2 Å². The first-order valence-corrected chi connectivity index (χ1v) is 9.71. The number of anilines is 1. The number of aromatic nitrogens is 3. The maximum absolute atomic E-state index is 4.08. The highest BCUT2D eigenvalue weighted by atomic mass is 79.9.